The molecule has 2 aromatic carbocycles. The quantitative estimate of drug-likeness (QED) is 0.0770. The van der Waals surface area contributed by atoms with Gasteiger partial charge < -0.3 is 9.47 Å². The fourth-order valence-electron chi connectivity index (χ4n) is 7.47. The highest BCUT2D eigenvalue weighted by Gasteiger charge is 2.62. The Kier molecular flexibility index (Phi) is 15.2. The molecule has 0 saturated carbocycles. The number of carbonyl (C=O) groups is 2. The zero-order chi connectivity index (χ0) is 41.8. The van der Waals surface area contributed by atoms with Crippen molar-refractivity contribution in [1.29, 1.82) is 0 Å². The molecule has 0 bridgehead atoms. The van der Waals surface area contributed by atoms with Gasteiger partial charge in [0.2, 0.25) is 10.9 Å². The predicted molar refractivity (Wildman–Crippen MR) is 245 cm³/mol. The summed E-state index contributed by atoms with van der Waals surface area (Å²) in [5.41, 5.74) is 2.39. The highest BCUT2D eigenvalue weighted by Crippen LogP contribution is 2.58. The standard InChI is InChI=1S/C39H46N2O10S8/c1-2-26(22-33-40(13-3-21-58(44,45)46)29-24-27(6-8-31(29)56-33)38(42)50-36-11-19-52-15-4-17-54-36)23-34-41(14-10-35(41)59(47,48)49)30-25-28(7-9-32(30)57-34)39(43)51-37-12-20-53-16-5-18-55-37/h6-9,22-25,35-37H,2-5,10-21H2,1H3/p+2. The van der Waals surface area contributed by atoms with E-state index in [1.165, 1.54) is 23.1 Å². The number of aromatic nitrogens is 1. The van der Waals surface area contributed by atoms with E-state index in [4.69, 9.17) is 9.47 Å². The number of fused-ring (bicyclic) bond motifs is 3. The normalized spacial score (nSPS) is 25.1. The molecule has 4 atom stereocenters. The smallest absolute Gasteiger partial charge is 0.339 e. The van der Waals surface area contributed by atoms with E-state index >= 15 is 0 Å². The summed E-state index contributed by atoms with van der Waals surface area (Å²) in [5, 5.41) is 0.298. The van der Waals surface area contributed by atoms with E-state index in [0.29, 0.717) is 40.3 Å². The van der Waals surface area contributed by atoms with Crippen LogP contribution in [0.3, 0.4) is 0 Å². The second-order valence-electron chi connectivity index (χ2n) is 14.5. The highest BCUT2D eigenvalue weighted by molar-refractivity contribution is 8.03. The Morgan fingerprint density at radius 2 is 1.51 bits per heavy atom. The van der Waals surface area contributed by atoms with Crippen molar-refractivity contribution >= 4 is 124 Å². The molecule has 0 radical (unpaired) electrons. The number of benzene rings is 2. The predicted octanol–water partition coefficient (Wildman–Crippen LogP) is 8.32. The van der Waals surface area contributed by atoms with Gasteiger partial charge in [-0.3, -0.25) is 9.11 Å². The van der Waals surface area contributed by atoms with Crippen LogP contribution in [0.1, 0.15) is 77.6 Å². The Morgan fingerprint density at radius 1 is 0.864 bits per heavy atom. The van der Waals surface area contributed by atoms with Crippen molar-refractivity contribution in [3.63, 3.8) is 0 Å². The van der Waals surface area contributed by atoms with Crippen molar-refractivity contribution in [2.24, 2.45) is 0 Å². The van der Waals surface area contributed by atoms with Crippen LogP contribution in [-0.4, -0.2) is 101 Å². The number of thioether (sulfide) groups is 5. The fourth-order valence-corrected chi connectivity index (χ4v) is 16.3. The van der Waals surface area contributed by atoms with Gasteiger partial charge in [0, 0.05) is 43.5 Å². The summed E-state index contributed by atoms with van der Waals surface area (Å²) in [6.07, 6.45) is 8.44. The first-order valence-electron chi connectivity index (χ1n) is 19.6. The number of aryl methyl sites for hydroxylation is 1. The van der Waals surface area contributed by atoms with Crippen molar-refractivity contribution in [1.82, 2.24) is 4.48 Å². The number of thiazole rings is 1. The van der Waals surface area contributed by atoms with Gasteiger partial charge in [-0.1, -0.05) is 18.3 Å². The van der Waals surface area contributed by atoms with Crippen LogP contribution in [0.5, 0.6) is 0 Å². The zero-order valence-corrected chi connectivity index (χ0v) is 39.0. The number of esters is 2. The number of hydrogen-bond acceptors (Lipinski definition) is 14. The van der Waals surface area contributed by atoms with Crippen LogP contribution >= 0.6 is 70.1 Å². The summed E-state index contributed by atoms with van der Waals surface area (Å²) < 4.78 is 83.9. The van der Waals surface area contributed by atoms with Crippen LogP contribution < -0.4 is 9.05 Å². The summed E-state index contributed by atoms with van der Waals surface area (Å²) in [7, 11) is -8.72. The molecular formula is C39H48N2O10S8+2. The summed E-state index contributed by atoms with van der Waals surface area (Å²) in [4.78, 5) is 27.7. The van der Waals surface area contributed by atoms with Gasteiger partial charge in [-0.15, -0.1) is 23.5 Å². The minimum Gasteiger partial charge on any atom is -0.448 e. The van der Waals surface area contributed by atoms with Gasteiger partial charge >= 0.3 is 22.1 Å². The number of allylic oxidation sites excluding steroid dienone is 2. The first-order valence-corrected chi connectivity index (χ1v) is 28.7. The molecule has 3 saturated heterocycles. The van der Waals surface area contributed by atoms with Gasteiger partial charge in [-0.05, 0) is 95.4 Å². The highest BCUT2D eigenvalue weighted by atomic mass is 32.2. The maximum atomic E-state index is 13.5. The monoisotopic (exact) mass is 960 g/mol. The van der Waals surface area contributed by atoms with Crippen LogP contribution in [0.2, 0.25) is 0 Å². The summed E-state index contributed by atoms with van der Waals surface area (Å²) in [5.74, 6) is 4.52. The van der Waals surface area contributed by atoms with Crippen molar-refractivity contribution in [2.75, 3.05) is 46.8 Å². The lowest BCUT2D eigenvalue weighted by molar-refractivity contribution is -0.668. The second kappa shape index (κ2) is 19.8. The minimum absolute atomic E-state index is 0.119. The SMILES string of the molecule is CCC(=Cc1sc2ccc(C(=O)OC3CCSCCCS3)cc2[n+]1CCCS(=O)(=O)O)C=C1Sc2ccc(C(=O)OC3CCSCCCS3)cc2[N+]12CCC2S(=O)(=O)O. The Balaban J connectivity index is 1.22. The molecule has 3 fully saturated rings. The topological polar surface area (TPSA) is 165 Å². The van der Waals surface area contributed by atoms with Gasteiger partial charge in [0.15, 0.2) is 17.3 Å². The van der Waals surface area contributed by atoms with E-state index in [2.05, 4.69) is 0 Å². The van der Waals surface area contributed by atoms with Crippen molar-refractivity contribution in [3.05, 3.63) is 69.2 Å². The molecule has 20 heteroatoms. The molecule has 5 heterocycles. The first-order chi connectivity index (χ1) is 28.2. The van der Waals surface area contributed by atoms with Crippen LogP contribution in [0.4, 0.5) is 5.69 Å². The molecular weight excluding hydrogens is 913 g/mol. The van der Waals surface area contributed by atoms with Crippen molar-refractivity contribution < 1.29 is 49.6 Å². The minimum atomic E-state index is -4.50. The third-order valence-electron chi connectivity index (χ3n) is 10.5. The lowest BCUT2D eigenvalue weighted by Crippen LogP contribution is -2.66. The largest absolute Gasteiger partial charge is 0.448 e. The Morgan fingerprint density at radius 3 is 2.10 bits per heavy atom. The number of quaternary nitrogens is 1. The average Bonchev–Trinajstić information content (AvgIpc) is 3.66. The molecule has 1 aromatic heterocycles. The van der Waals surface area contributed by atoms with Crippen molar-refractivity contribution in [3.8, 4) is 0 Å². The number of hydrogen-bond donors (Lipinski definition) is 2. The molecule has 0 amide bonds. The molecule has 59 heavy (non-hydrogen) atoms. The zero-order valence-electron chi connectivity index (χ0n) is 32.5. The first kappa shape index (κ1) is 45.3. The number of rotatable bonds is 12. The summed E-state index contributed by atoms with van der Waals surface area (Å²) in [6, 6.07) is 10.6. The number of nitrogens with zero attached hydrogens (tertiary/aromatic N) is 2. The molecule has 2 N–H and O–H groups in total. The van der Waals surface area contributed by atoms with Crippen LogP contribution in [0.25, 0.3) is 16.3 Å². The van der Waals surface area contributed by atoms with E-state index in [9.17, 15) is 35.5 Å². The van der Waals surface area contributed by atoms with Crippen LogP contribution in [0.15, 0.2) is 58.0 Å². The molecule has 4 unspecified atom stereocenters. The van der Waals surface area contributed by atoms with Crippen LogP contribution in [-0.2, 0) is 36.3 Å². The van der Waals surface area contributed by atoms with Gasteiger partial charge in [0.25, 0.3) is 15.1 Å². The third kappa shape index (κ3) is 10.9. The van der Waals surface area contributed by atoms with Crippen LogP contribution in [0, 0.1) is 0 Å². The Labute approximate surface area is 371 Å². The second-order valence-corrected chi connectivity index (χ2v) is 24.8. The Bertz CT molecular complexity index is 2330. The number of ether oxygens (including phenoxy) is 2. The maximum Gasteiger partial charge on any atom is 0.339 e. The van der Waals surface area contributed by atoms with Gasteiger partial charge in [0.05, 0.1) is 34.7 Å². The maximum absolute atomic E-state index is 13.5. The van der Waals surface area contributed by atoms with E-state index in [1.54, 1.807) is 47.8 Å². The fraction of sp³-hybridized carbons (Fsp3) is 0.513. The number of carbonyl (C=O) groups excluding carboxylic acids is 2. The van der Waals surface area contributed by atoms with E-state index < -0.39 is 43.3 Å². The van der Waals surface area contributed by atoms with Gasteiger partial charge in [-0.25, -0.2) is 14.1 Å². The van der Waals surface area contributed by atoms with E-state index in [1.807, 2.05) is 59.3 Å². The molecule has 4 aliphatic rings. The molecule has 0 aliphatic carbocycles. The van der Waals surface area contributed by atoms with Gasteiger partial charge in [0.1, 0.15) is 15.6 Å². The lowest BCUT2D eigenvalue weighted by atomic mass is 10.0. The molecule has 1 spiro atoms. The Hall–Kier alpha value is -1.72. The van der Waals surface area contributed by atoms with Gasteiger partial charge in [-0.2, -0.15) is 44.9 Å². The van der Waals surface area contributed by atoms with Crippen molar-refractivity contribution in [2.45, 2.75) is 79.6 Å². The molecule has 3 aromatic rings. The summed E-state index contributed by atoms with van der Waals surface area (Å²) >= 11 is 9.88. The van der Waals surface area contributed by atoms with E-state index in [0.717, 1.165) is 80.4 Å². The van der Waals surface area contributed by atoms with E-state index in [-0.39, 0.29) is 34.7 Å². The molecule has 320 valence electrons. The average molecular weight is 961 g/mol. The third-order valence-corrected chi connectivity index (χ3v) is 19.6. The lowest BCUT2D eigenvalue weighted by Gasteiger charge is -2.47. The molecule has 12 nitrogen and oxygen atoms in total. The molecule has 7 rings (SSSR count). The molecule has 4 aliphatic heterocycles. The summed E-state index contributed by atoms with van der Waals surface area (Å²) in [6.45, 7) is 2.61.